The number of hydrogen-bond acceptors (Lipinski definition) is 2. The zero-order chi connectivity index (χ0) is 14.8. The molecule has 1 nitrogen and oxygen atoms in total. The Morgan fingerprint density at radius 1 is 1.32 bits per heavy atom. The van der Waals surface area contributed by atoms with Gasteiger partial charge in [-0.05, 0) is 41.9 Å². The standard InChI is InChI=1S/C11H13BrF5NS/c1-3-4-18-9(10(13,14)11(15,16)17)8-7(12)5-6(2)19-8/h5,9,18H,3-4H2,1-2H3. The Kier molecular flexibility index (Phi) is 5.36. The third-order valence-electron chi connectivity index (χ3n) is 2.44. The van der Waals surface area contributed by atoms with E-state index in [-0.39, 0.29) is 15.9 Å². The summed E-state index contributed by atoms with van der Waals surface area (Å²) in [4.78, 5) is 0.636. The number of aryl methyl sites for hydroxylation is 1. The van der Waals surface area contributed by atoms with E-state index >= 15 is 0 Å². The van der Waals surface area contributed by atoms with Crippen molar-refractivity contribution in [3.63, 3.8) is 0 Å². The van der Waals surface area contributed by atoms with Gasteiger partial charge in [0.25, 0.3) is 0 Å². The SMILES string of the molecule is CCCNC(c1sc(C)cc1Br)C(F)(F)C(F)(F)F. The van der Waals surface area contributed by atoms with Gasteiger partial charge in [0.05, 0.1) is 0 Å². The van der Waals surface area contributed by atoms with Crippen molar-refractivity contribution in [3.05, 3.63) is 20.3 Å². The monoisotopic (exact) mass is 365 g/mol. The molecule has 0 fully saturated rings. The van der Waals surface area contributed by atoms with Crippen LogP contribution in [0.1, 0.15) is 29.1 Å². The number of nitrogens with one attached hydrogen (secondary N) is 1. The van der Waals surface area contributed by atoms with Crippen LogP contribution in [0.4, 0.5) is 22.0 Å². The van der Waals surface area contributed by atoms with Crippen LogP contribution in [-0.2, 0) is 0 Å². The Bertz CT molecular complexity index is 429. The molecule has 0 saturated heterocycles. The van der Waals surface area contributed by atoms with E-state index in [1.165, 1.54) is 6.07 Å². The molecule has 8 heteroatoms. The average molecular weight is 366 g/mol. The van der Waals surface area contributed by atoms with Gasteiger partial charge in [0.1, 0.15) is 6.04 Å². The highest BCUT2D eigenvalue weighted by atomic mass is 79.9. The maximum absolute atomic E-state index is 13.6. The molecule has 0 bridgehead atoms. The van der Waals surface area contributed by atoms with Crippen LogP contribution in [0.2, 0.25) is 0 Å². The summed E-state index contributed by atoms with van der Waals surface area (Å²) < 4.78 is 65.1. The van der Waals surface area contributed by atoms with Crippen molar-refractivity contribution in [3.8, 4) is 0 Å². The largest absolute Gasteiger partial charge is 0.455 e. The zero-order valence-electron chi connectivity index (χ0n) is 10.2. The van der Waals surface area contributed by atoms with Gasteiger partial charge < -0.3 is 5.32 Å². The van der Waals surface area contributed by atoms with Crippen LogP contribution in [0.5, 0.6) is 0 Å². The Balaban J connectivity index is 3.18. The Morgan fingerprint density at radius 2 is 1.89 bits per heavy atom. The van der Waals surface area contributed by atoms with E-state index in [2.05, 4.69) is 21.2 Å². The van der Waals surface area contributed by atoms with Gasteiger partial charge in [0.2, 0.25) is 0 Å². The predicted molar refractivity (Wildman–Crippen MR) is 68.8 cm³/mol. The molecule has 1 unspecified atom stereocenters. The summed E-state index contributed by atoms with van der Waals surface area (Å²) in [5.41, 5.74) is 0. The summed E-state index contributed by atoms with van der Waals surface area (Å²) >= 11 is 3.97. The molecule has 0 aliphatic heterocycles. The van der Waals surface area contributed by atoms with Crippen LogP contribution in [-0.4, -0.2) is 18.6 Å². The maximum Gasteiger partial charge on any atom is 0.455 e. The number of alkyl halides is 5. The lowest BCUT2D eigenvalue weighted by Crippen LogP contribution is -2.48. The van der Waals surface area contributed by atoms with Crippen molar-refractivity contribution in [2.24, 2.45) is 0 Å². The number of hydrogen-bond donors (Lipinski definition) is 1. The van der Waals surface area contributed by atoms with E-state index in [1.807, 2.05) is 0 Å². The van der Waals surface area contributed by atoms with E-state index in [9.17, 15) is 22.0 Å². The Morgan fingerprint density at radius 3 is 2.26 bits per heavy atom. The van der Waals surface area contributed by atoms with E-state index in [0.29, 0.717) is 11.3 Å². The van der Waals surface area contributed by atoms with E-state index in [1.54, 1.807) is 13.8 Å². The maximum atomic E-state index is 13.6. The third-order valence-corrected chi connectivity index (χ3v) is 4.47. The minimum absolute atomic E-state index is 0.0340. The lowest BCUT2D eigenvalue weighted by molar-refractivity contribution is -0.294. The first kappa shape index (κ1) is 16.8. The van der Waals surface area contributed by atoms with Crippen LogP contribution < -0.4 is 5.32 Å². The molecule has 0 saturated carbocycles. The van der Waals surface area contributed by atoms with Crippen LogP contribution in [0.3, 0.4) is 0 Å². The highest BCUT2D eigenvalue weighted by Gasteiger charge is 2.63. The van der Waals surface area contributed by atoms with Gasteiger partial charge in [-0.3, -0.25) is 0 Å². The molecule has 110 valence electrons. The second-order valence-electron chi connectivity index (χ2n) is 4.08. The van der Waals surface area contributed by atoms with Crippen molar-refractivity contribution in [2.75, 3.05) is 6.54 Å². The van der Waals surface area contributed by atoms with Crippen LogP contribution in [0.25, 0.3) is 0 Å². The molecule has 0 aromatic carbocycles. The topological polar surface area (TPSA) is 12.0 Å². The average Bonchev–Trinajstić information content (AvgIpc) is 2.56. The molecule has 1 atom stereocenters. The third kappa shape index (κ3) is 3.66. The lowest BCUT2D eigenvalue weighted by atomic mass is 10.1. The molecule has 0 aliphatic rings. The molecule has 1 heterocycles. The van der Waals surface area contributed by atoms with Gasteiger partial charge in [0, 0.05) is 14.2 Å². The zero-order valence-corrected chi connectivity index (χ0v) is 12.6. The first-order valence-corrected chi connectivity index (χ1v) is 7.16. The molecular weight excluding hydrogens is 353 g/mol. The first-order chi connectivity index (χ1) is 8.61. The molecule has 1 rings (SSSR count). The van der Waals surface area contributed by atoms with E-state index < -0.39 is 18.1 Å². The molecule has 1 aromatic heterocycles. The van der Waals surface area contributed by atoms with Crippen molar-refractivity contribution >= 4 is 27.3 Å². The fourth-order valence-corrected chi connectivity index (χ4v) is 3.53. The predicted octanol–water partition coefficient (Wildman–Crippen LogP) is 5.06. The molecule has 0 radical (unpaired) electrons. The normalized spacial score (nSPS) is 14.7. The first-order valence-electron chi connectivity index (χ1n) is 5.55. The Hall–Kier alpha value is -0.210. The molecule has 0 aliphatic carbocycles. The Labute approximate surface area is 120 Å². The van der Waals surface area contributed by atoms with Gasteiger partial charge in [0.15, 0.2) is 0 Å². The second-order valence-corrected chi connectivity index (χ2v) is 6.22. The van der Waals surface area contributed by atoms with Gasteiger partial charge in [-0.1, -0.05) is 6.92 Å². The van der Waals surface area contributed by atoms with Gasteiger partial charge in [-0.15, -0.1) is 11.3 Å². The molecule has 0 spiro atoms. The fraction of sp³-hybridized carbons (Fsp3) is 0.636. The summed E-state index contributed by atoms with van der Waals surface area (Å²) in [6, 6.07) is -0.534. The number of rotatable bonds is 5. The van der Waals surface area contributed by atoms with E-state index in [0.717, 1.165) is 11.3 Å². The van der Waals surface area contributed by atoms with Crippen molar-refractivity contribution in [1.82, 2.24) is 5.32 Å². The molecule has 0 amide bonds. The molecular formula is C11H13BrF5NS. The smallest absolute Gasteiger partial charge is 0.304 e. The molecule has 1 N–H and O–H groups in total. The van der Waals surface area contributed by atoms with E-state index in [4.69, 9.17) is 0 Å². The molecule has 1 aromatic rings. The highest BCUT2D eigenvalue weighted by Crippen LogP contribution is 2.47. The van der Waals surface area contributed by atoms with Gasteiger partial charge in [-0.2, -0.15) is 22.0 Å². The summed E-state index contributed by atoms with van der Waals surface area (Å²) in [5, 5.41) is 2.30. The minimum atomic E-state index is -5.59. The van der Waals surface area contributed by atoms with Crippen molar-refractivity contribution < 1.29 is 22.0 Å². The van der Waals surface area contributed by atoms with Crippen molar-refractivity contribution in [2.45, 2.75) is 38.4 Å². The fourth-order valence-electron chi connectivity index (χ4n) is 1.54. The van der Waals surface area contributed by atoms with Crippen molar-refractivity contribution in [1.29, 1.82) is 0 Å². The summed E-state index contributed by atoms with van der Waals surface area (Å²) in [6.07, 6.45) is -5.12. The summed E-state index contributed by atoms with van der Waals surface area (Å²) in [7, 11) is 0. The number of thiophene rings is 1. The molecule has 19 heavy (non-hydrogen) atoms. The lowest BCUT2D eigenvalue weighted by Gasteiger charge is -2.29. The van der Waals surface area contributed by atoms with Crippen LogP contribution in [0, 0.1) is 6.92 Å². The highest BCUT2D eigenvalue weighted by molar-refractivity contribution is 9.10. The minimum Gasteiger partial charge on any atom is -0.304 e. The van der Waals surface area contributed by atoms with Gasteiger partial charge >= 0.3 is 12.1 Å². The number of halogens is 6. The van der Waals surface area contributed by atoms with Gasteiger partial charge in [-0.25, -0.2) is 0 Å². The second kappa shape index (κ2) is 6.05. The quantitative estimate of drug-likeness (QED) is 0.719. The van der Waals surface area contributed by atoms with Crippen LogP contribution >= 0.6 is 27.3 Å². The summed E-state index contributed by atoms with van der Waals surface area (Å²) in [6.45, 7) is 3.44. The summed E-state index contributed by atoms with van der Waals surface area (Å²) in [5.74, 6) is -4.82. The van der Waals surface area contributed by atoms with Crippen LogP contribution in [0.15, 0.2) is 10.5 Å².